The topological polar surface area (TPSA) is 49.8 Å². The molecule has 4 heteroatoms. The molecule has 1 unspecified atom stereocenters. The van der Waals surface area contributed by atoms with Crippen molar-refractivity contribution in [3.63, 3.8) is 0 Å². The van der Waals surface area contributed by atoms with Crippen LogP contribution in [0.3, 0.4) is 0 Å². The van der Waals surface area contributed by atoms with Crippen LogP contribution in [0.1, 0.15) is 12.0 Å². The van der Waals surface area contributed by atoms with E-state index in [2.05, 4.69) is 0 Å². The van der Waals surface area contributed by atoms with Gasteiger partial charge in [0.15, 0.2) is 0 Å². The lowest BCUT2D eigenvalue weighted by molar-refractivity contribution is -0.148. The molecule has 18 heavy (non-hydrogen) atoms. The van der Waals surface area contributed by atoms with Gasteiger partial charge in [0.1, 0.15) is 5.41 Å². The number of rotatable bonds is 4. The maximum Gasteiger partial charge on any atom is 0.313 e. The van der Waals surface area contributed by atoms with Gasteiger partial charge >= 0.3 is 5.97 Å². The third kappa shape index (κ3) is 2.48. The van der Waals surface area contributed by atoms with E-state index in [1.807, 2.05) is 43.1 Å². The van der Waals surface area contributed by atoms with Crippen LogP contribution < -0.4 is 4.90 Å². The van der Waals surface area contributed by atoms with Gasteiger partial charge in [0, 0.05) is 25.9 Å². The van der Waals surface area contributed by atoms with Crippen molar-refractivity contribution in [2.24, 2.45) is 5.41 Å². The Hall–Kier alpha value is -1.55. The highest BCUT2D eigenvalue weighted by molar-refractivity contribution is 5.76. The summed E-state index contributed by atoms with van der Waals surface area (Å²) in [7, 11) is 1.92. The molecular formula is C14H19NO3. The van der Waals surface area contributed by atoms with Gasteiger partial charge in [0.2, 0.25) is 0 Å². The lowest BCUT2D eigenvalue weighted by Crippen LogP contribution is -2.42. The van der Waals surface area contributed by atoms with E-state index in [-0.39, 0.29) is 0 Å². The van der Waals surface area contributed by atoms with Crippen LogP contribution in [-0.4, -0.2) is 37.9 Å². The van der Waals surface area contributed by atoms with Crippen molar-refractivity contribution >= 4 is 11.7 Å². The average molecular weight is 249 g/mol. The van der Waals surface area contributed by atoms with Crippen LogP contribution in [0.15, 0.2) is 24.3 Å². The minimum absolute atomic E-state index is 0.304. The Labute approximate surface area is 107 Å². The predicted molar refractivity (Wildman–Crippen MR) is 70.0 cm³/mol. The SMILES string of the molecule is Cc1ccc(N(C)CC2(C(=O)O)CCOC2)cc1. The predicted octanol–water partition coefficient (Wildman–Crippen LogP) is 1.92. The largest absolute Gasteiger partial charge is 0.481 e. The van der Waals surface area contributed by atoms with E-state index in [1.165, 1.54) is 5.56 Å². The zero-order valence-corrected chi connectivity index (χ0v) is 10.8. The van der Waals surface area contributed by atoms with Crippen molar-refractivity contribution in [2.45, 2.75) is 13.3 Å². The molecule has 1 N–H and O–H groups in total. The van der Waals surface area contributed by atoms with Crippen LogP contribution in [0.2, 0.25) is 0 Å². The Bertz CT molecular complexity index is 421. The van der Waals surface area contributed by atoms with Crippen LogP contribution in [0, 0.1) is 12.3 Å². The van der Waals surface area contributed by atoms with Gasteiger partial charge in [-0.15, -0.1) is 0 Å². The number of carboxylic acid groups (broad SMARTS) is 1. The van der Waals surface area contributed by atoms with E-state index in [9.17, 15) is 9.90 Å². The average Bonchev–Trinajstić information content (AvgIpc) is 2.79. The van der Waals surface area contributed by atoms with Crippen LogP contribution >= 0.6 is 0 Å². The zero-order chi connectivity index (χ0) is 13.2. The minimum Gasteiger partial charge on any atom is -0.481 e. The summed E-state index contributed by atoms with van der Waals surface area (Å²) in [4.78, 5) is 13.4. The van der Waals surface area contributed by atoms with Gasteiger partial charge in [-0.05, 0) is 25.5 Å². The molecule has 0 amide bonds. The standard InChI is InChI=1S/C14H19NO3/c1-11-3-5-12(6-4-11)15(2)9-14(13(16)17)7-8-18-10-14/h3-6H,7-10H2,1-2H3,(H,16,17). The van der Waals surface area contributed by atoms with E-state index >= 15 is 0 Å². The monoisotopic (exact) mass is 249 g/mol. The van der Waals surface area contributed by atoms with E-state index in [0.29, 0.717) is 26.2 Å². The second-order valence-corrected chi connectivity index (χ2v) is 5.08. The molecule has 1 heterocycles. The van der Waals surface area contributed by atoms with Crippen molar-refractivity contribution in [1.29, 1.82) is 0 Å². The van der Waals surface area contributed by atoms with Crippen molar-refractivity contribution in [1.82, 2.24) is 0 Å². The van der Waals surface area contributed by atoms with Crippen LogP contribution in [0.25, 0.3) is 0 Å². The molecule has 0 bridgehead atoms. The van der Waals surface area contributed by atoms with Crippen molar-refractivity contribution in [3.8, 4) is 0 Å². The number of carboxylic acids is 1. The van der Waals surface area contributed by atoms with Gasteiger partial charge in [0.25, 0.3) is 0 Å². The fourth-order valence-corrected chi connectivity index (χ4v) is 2.31. The Kier molecular flexibility index (Phi) is 3.57. The Morgan fingerprint density at radius 3 is 2.61 bits per heavy atom. The van der Waals surface area contributed by atoms with E-state index in [0.717, 1.165) is 5.69 Å². The third-order valence-corrected chi connectivity index (χ3v) is 3.57. The quantitative estimate of drug-likeness (QED) is 0.885. The minimum atomic E-state index is -0.765. The summed E-state index contributed by atoms with van der Waals surface area (Å²) in [5, 5.41) is 9.40. The summed E-state index contributed by atoms with van der Waals surface area (Å²) in [6.07, 6.45) is 0.582. The molecule has 0 saturated carbocycles. The van der Waals surface area contributed by atoms with Crippen molar-refractivity contribution in [2.75, 3.05) is 31.7 Å². The highest BCUT2D eigenvalue weighted by atomic mass is 16.5. The van der Waals surface area contributed by atoms with Gasteiger partial charge in [-0.1, -0.05) is 17.7 Å². The Morgan fingerprint density at radius 1 is 1.44 bits per heavy atom. The summed E-state index contributed by atoms with van der Waals surface area (Å²) in [6, 6.07) is 8.09. The van der Waals surface area contributed by atoms with Crippen molar-refractivity contribution < 1.29 is 14.6 Å². The first kappa shape index (κ1) is 12.9. The molecule has 1 aliphatic rings. The molecule has 1 atom stereocenters. The molecule has 1 fully saturated rings. The fourth-order valence-electron chi connectivity index (χ4n) is 2.31. The van der Waals surface area contributed by atoms with E-state index in [1.54, 1.807) is 0 Å². The summed E-state index contributed by atoms with van der Waals surface area (Å²) >= 11 is 0. The number of nitrogens with zero attached hydrogens (tertiary/aromatic N) is 1. The zero-order valence-electron chi connectivity index (χ0n) is 10.8. The summed E-state index contributed by atoms with van der Waals surface area (Å²) < 4.78 is 5.27. The molecule has 98 valence electrons. The second-order valence-electron chi connectivity index (χ2n) is 5.08. The number of ether oxygens (including phenoxy) is 1. The highest BCUT2D eigenvalue weighted by Gasteiger charge is 2.43. The van der Waals surface area contributed by atoms with Gasteiger partial charge in [-0.3, -0.25) is 4.79 Å². The molecule has 0 aliphatic carbocycles. The summed E-state index contributed by atoms with van der Waals surface area (Å²) in [5.74, 6) is -0.765. The molecule has 0 radical (unpaired) electrons. The molecule has 1 aromatic carbocycles. The summed E-state index contributed by atoms with van der Waals surface area (Å²) in [6.45, 7) is 3.35. The van der Waals surface area contributed by atoms with Crippen LogP contribution in [-0.2, 0) is 9.53 Å². The molecule has 1 aliphatic heterocycles. The molecule has 4 nitrogen and oxygen atoms in total. The second kappa shape index (κ2) is 4.98. The maximum atomic E-state index is 11.4. The number of hydrogen-bond acceptors (Lipinski definition) is 3. The first-order valence-corrected chi connectivity index (χ1v) is 6.12. The number of hydrogen-bond donors (Lipinski definition) is 1. The lowest BCUT2D eigenvalue weighted by atomic mass is 9.87. The van der Waals surface area contributed by atoms with Gasteiger partial charge < -0.3 is 14.7 Å². The highest BCUT2D eigenvalue weighted by Crippen LogP contribution is 2.31. The van der Waals surface area contributed by atoms with Crippen molar-refractivity contribution in [3.05, 3.63) is 29.8 Å². The number of anilines is 1. The molecule has 1 aromatic rings. The Balaban J connectivity index is 2.12. The molecule has 0 spiro atoms. The van der Waals surface area contributed by atoms with Gasteiger partial charge in [-0.25, -0.2) is 0 Å². The molecule has 1 saturated heterocycles. The normalized spacial score (nSPS) is 23.0. The van der Waals surface area contributed by atoms with Gasteiger partial charge in [0.05, 0.1) is 6.61 Å². The van der Waals surface area contributed by atoms with E-state index in [4.69, 9.17) is 4.74 Å². The summed E-state index contributed by atoms with van der Waals surface area (Å²) in [5.41, 5.74) is 1.47. The third-order valence-electron chi connectivity index (χ3n) is 3.57. The number of carbonyl (C=O) groups is 1. The molecular weight excluding hydrogens is 230 g/mol. The van der Waals surface area contributed by atoms with Crippen LogP contribution in [0.5, 0.6) is 0 Å². The number of aryl methyl sites for hydroxylation is 1. The maximum absolute atomic E-state index is 11.4. The first-order valence-electron chi connectivity index (χ1n) is 6.12. The first-order chi connectivity index (χ1) is 8.53. The molecule has 0 aromatic heterocycles. The van der Waals surface area contributed by atoms with Crippen LogP contribution in [0.4, 0.5) is 5.69 Å². The smallest absolute Gasteiger partial charge is 0.313 e. The lowest BCUT2D eigenvalue weighted by Gasteiger charge is -2.29. The number of benzene rings is 1. The Morgan fingerprint density at radius 2 is 2.11 bits per heavy atom. The molecule has 2 rings (SSSR count). The number of aliphatic carboxylic acids is 1. The fraction of sp³-hybridized carbons (Fsp3) is 0.500. The van der Waals surface area contributed by atoms with Gasteiger partial charge in [-0.2, -0.15) is 0 Å². The van der Waals surface area contributed by atoms with E-state index < -0.39 is 11.4 Å².